The minimum atomic E-state index is -0.294. The molecule has 1 fully saturated rings. The summed E-state index contributed by atoms with van der Waals surface area (Å²) in [7, 11) is 0. The van der Waals surface area contributed by atoms with Crippen LogP contribution < -0.4 is 5.32 Å². The first-order valence-corrected chi connectivity index (χ1v) is 8.74. The standard InChI is InChI=1S/C19H26FN3O/c1-3-5-14(2)22-19(24)16-6-4-9-23(12-16)13-17-10-15(11-21)7-8-18(17)20/h7-8,10,14,16H,3-6,9,12-13H2,1-2H3,(H,22,24)/t14-,16-/m0/s1. The van der Waals surface area contributed by atoms with E-state index in [1.165, 1.54) is 12.1 Å². The zero-order chi connectivity index (χ0) is 17.5. The third kappa shape index (κ3) is 5.04. The van der Waals surface area contributed by atoms with E-state index in [0.29, 0.717) is 24.2 Å². The van der Waals surface area contributed by atoms with Crippen LogP contribution in [0, 0.1) is 23.1 Å². The van der Waals surface area contributed by atoms with Crippen molar-refractivity contribution in [2.75, 3.05) is 13.1 Å². The normalized spacial score (nSPS) is 19.5. The van der Waals surface area contributed by atoms with Crippen LogP contribution in [0.4, 0.5) is 4.39 Å². The van der Waals surface area contributed by atoms with Crippen LogP contribution >= 0.6 is 0 Å². The smallest absolute Gasteiger partial charge is 0.224 e. The summed E-state index contributed by atoms with van der Waals surface area (Å²) in [5.74, 6) is -0.232. The average molecular weight is 331 g/mol. The molecule has 5 heteroatoms. The highest BCUT2D eigenvalue weighted by Crippen LogP contribution is 2.21. The fourth-order valence-electron chi connectivity index (χ4n) is 3.29. The summed E-state index contributed by atoms with van der Waals surface area (Å²) in [5.41, 5.74) is 0.987. The second kappa shape index (κ2) is 8.79. The number of hydrogen-bond acceptors (Lipinski definition) is 3. The third-order valence-corrected chi connectivity index (χ3v) is 4.56. The summed E-state index contributed by atoms with van der Waals surface area (Å²) in [4.78, 5) is 14.5. The van der Waals surface area contributed by atoms with Crippen molar-refractivity contribution in [1.29, 1.82) is 5.26 Å². The lowest BCUT2D eigenvalue weighted by molar-refractivity contribution is -0.127. The fraction of sp³-hybridized carbons (Fsp3) is 0.579. The Morgan fingerprint density at radius 3 is 3.04 bits per heavy atom. The quantitative estimate of drug-likeness (QED) is 0.871. The number of piperidine rings is 1. The average Bonchev–Trinajstić information content (AvgIpc) is 2.57. The van der Waals surface area contributed by atoms with Gasteiger partial charge in [0.25, 0.3) is 0 Å². The first-order chi connectivity index (χ1) is 11.5. The summed E-state index contributed by atoms with van der Waals surface area (Å²) < 4.78 is 14.0. The molecular weight excluding hydrogens is 305 g/mol. The van der Waals surface area contributed by atoms with Gasteiger partial charge in [-0.2, -0.15) is 5.26 Å². The molecule has 0 bridgehead atoms. The van der Waals surface area contributed by atoms with Crippen molar-refractivity contribution >= 4 is 5.91 Å². The van der Waals surface area contributed by atoms with Crippen molar-refractivity contribution < 1.29 is 9.18 Å². The van der Waals surface area contributed by atoms with Gasteiger partial charge in [-0.3, -0.25) is 9.69 Å². The zero-order valence-electron chi connectivity index (χ0n) is 14.5. The highest BCUT2D eigenvalue weighted by molar-refractivity contribution is 5.79. The van der Waals surface area contributed by atoms with Gasteiger partial charge in [0, 0.05) is 24.7 Å². The predicted molar refractivity (Wildman–Crippen MR) is 91.6 cm³/mol. The molecule has 24 heavy (non-hydrogen) atoms. The molecule has 1 saturated heterocycles. The predicted octanol–water partition coefficient (Wildman–Crippen LogP) is 3.21. The van der Waals surface area contributed by atoms with Gasteiger partial charge < -0.3 is 5.32 Å². The Morgan fingerprint density at radius 1 is 1.54 bits per heavy atom. The fourth-order valence-corrected chi connectivity index (χ4v) is 3.29. The Kier molecular flexibility index (Phi) is 6.74. The van der Waals surface area contributed by atoms with Crippen molar-refractivity contribution in [2.45, 2.75) is 52.1 Å². The van der Waals surface area contributed by atoms with Crippen LogP contribution in [0.2, 0.25) is 0 Å². The number of nitrogens with one attached hydrogen (secondary N) is 1. The number of carbonyl (C=O) groups excluding carboxylic acids is 1. The van der Waals surface area contributed by atoms with Crippen LogP contribution in [0.15, 0.2) is 18.2 Å². The maximum absolute atomic E-state index is 14.0. The van der Waals surface area contributed by atoms with Crippen molar-refractivity contribution in [3.63, 3.8) is 0 Å². The Morgan fingerprint density at radius 2 is 2.33 bits per heavy atom. The molecule has 0 radical (unpaired) electrons. The van der Waals surface area contributed by atoms with Crippen molar-refractivity contribution in [2.24, 2.45) is 5.92 Å². The molecule has 0 aromatic heterocycles. The lowest BCUT2D eigenvalue weighted by Crippen LogP contribution is -2.45. The Labute approximate surface area is 143 Å². The van der Waals surface area contributed by atoms with Gasteiger partial charge >= 0.3 is 0 Å². The van der Waals surface area contributed by atoms with Gasteiger partial charge in [0.05, 0.1) is 17.6 Å². The molecule has 2 rings (SSSR count). The van der Waals surface area contributed by atoms with Crippen molar-refractivity contribution in [1.82, 2.24) is 10.2 Å². The number of rotatable bonds is 6. The van der Waals surface area contributed by atoms with Crippen molar-refractivity contribution in [3.8, 4) is 6.07 Å². The van der Waals surface area contributed by atoms with Gasteiger partial charge in [-0.1, -0.05) is 13.3 Å². The molecule has 1 heterocycles. The van der Waals surface area contributed by atoms with E-state index in [9.17, 15) is 9.18 Å². The maximum Gasteiger partial charge on any atom is 0.224 e. The number of amides is 1. The molecule has 1 aliphatic heterocycles. The molecule has 0 saturated carbocycles. The first kappa shape index (κ1) is 18.4. The van der Waals surface area contributed by atoms with Crippen LogP contribution in [0.1, 0.15) is 50.7 Å². The summed E-state index contributed by atoms with van der Waals surface area (Å²) >= 11 is 0. The molecule has 2 atom stereocenters. The highest BCUT2D eigenvalue weighted by atomic mass is 19.1. The van der Waals surface area contributed by atoms with E-state index in [0.717, 1.165) is 32.2 Å². The van der Waals surface area contributed by atoms with Crippen LogP contribution in [-0.2, 0) is 11.3 Å². The van der Waals surface area contributed by atoms with E-state index < -0.39 is 0 Å². The van der Waals surface area contributed by atoms with E-state index in [2.05, 4.69) is 17.1 Å². The third-order valence-electron chi connectivity index (χ3n) is 4.56. The van der Waals surface area contributed by atoms with Crippen molar-refractivity contribution in [3.05, 3.63) is 35.1 Å². The summed E-state index contributed by atoms with van der Waals surface area (Å²) in [6.07, 6.45) is 3.84. The molecule has 1 aliphatic rings. The molecular formula is C19H26FN3O. The van der Waals surface area contributed by atoms with E-state index in [4.69, 9.17) is 5.26 Å². The van der Waals surface area contributed by atoms with Crippen LogP contribution in [-0.4, -0.2) is 29.9 Å². The monoisotopic (exact) mass is 331 g/mol. The van der Waals surface area contributed by atoms with Crippen LogP contribution in [0.5, 0.6) is 0 Å². The molecule has 130 valence electrons. The molecule has 0 spiro atoms. The maximum atomic E-state index is 14.0. The second-order valence-electron chi connectivity index (χ2n) is 6.69. The first-order valence-electron chi connectivity index (χ1n) is 8.74. The number of carbonyl (C=O) groups is 1. The Bertz CT molecular complexity index is 611. The SMILES string of the molecule is CCC[C@H](C)NC(=O)[C@H]1CCCN(Cc2cc(C#N)ccc2F)C1. The van der Waals surface area contributed by atoms with Gasteiger partial charge in [-0.05, 0) is 50.9 Å². The van der Waals surface area contributed by atoms with E-state index in [-0.39, 0.29) is 23.7 Å². The molecule has 0 aliphatic carbocycles. The number of halogens is 1. The molecule has 1 aromatic carbocycles. The van der Waals surface area contributed by atoms with Crippen LogP contribution in [0.3, 0.4) is 0 Å². The number of likely N-dealkylation sites (tertiary alicyclic amines) is 1. The van der Waals surface area contributed by atoms with Gasteiger partial charge in [-0.15, -0.1) is 0 Å². The molecule has 0 unspecified atom stereocenters. The minimum absolute atomic E-state index is 0.0414. The number of nitriles is 1. The van der Waals surface area contributed by atoms with Crippen LogP contribution in [0.25, 0.3) is 0 Å². The van der Waals surface area contributed by atoms with E-state index in [1.807, 2.05) is 13.0 Å². The lowest BCUT2D eigenvalue weighted by atomic mass is 9.96. The zero-order valence-corrected chi connectivity index (χ0v) is 14.5. The largest absolute Gasteiger partial charge is 0.353 e. The second-order valence-corrected chi connectivity index (χ2v) is 6.69. The van der Waals surface area contributed by atoms with Gasteiger partial charge in [-0.25, -0.2) is 4.39 Å². The minimum Gasteiger partial charge on any atom is -0.353 e. The van der Waals surface area contributed by atoms with E-state index >= 15 is 0 Å². The lowest BCUT2D eigenvalue weighted by Gasteiger charge is -2.32. The molecule has 1 amide bonds. The van der Waals surface area contributed by atoms with Gasteiger partial charge in [0.2, 0.25) is 5.91 Å². The Balaban J connectivity index is 1.96. The molecule has 4 nitrogen and oxygen atoms in total. The number of nitrogens with zero attached hydrogens (tertiary/aromatic N) is 2. The summed E-state index contributed by atoms with van der Waals surface area (Å²) in [5, 5.41) is 12.0. The Hall–Kier alpha value is -1.93. The molecule has 1 N–H and O–H groups in total. The summed E-state index contributed by atoms with van der Waals surface area (Å²) in [6.45, 7) is 6.07. The highest BCUT2D eigenvalue weighted by Gasteiger charge is 2.26. The number of benzene rings is 1. The van der Waals surface area contributed by atoms with Gasteiger partial charge in [0.1, 0.15) is 5.82 Å². The topological polar surface area (TPSA) is 56.1 Å². The van der Waals surface area contributed by atoms with E-state index in [1.54, 1.807) is 6.07 Å². The number of hydrogen-bond donors (Lipinski definition) is 1. The molecule has 1 aromatic rings. The van der Waals surface area contributed by atoms with Gasteiger partial charge in [0.15, 0.2) is 0 Å². The summed E-state index contributed by atoms with van der Waals surface area (Å²) in [6, 6.07) is 6.67.